The summed E-state index contributed by atoms with van der Waals surface area (Å²) in [5.74, 6) is -0.405. The fourth-order valence-corrected chi connectivity index (χ4v) is 3.61. The Morgan fingerprint density at radius 2 is 1.67 bits per heavy atom. The molecule has 0 radical (unpaired) electrons. The summed E-state index contributed by atoms with van der Waals surface area (Å²) >= 11 is 0. The average molecular weight is 437 g/mol. The van der Waals surface area contributed by atoms with Crippen LogP contribution in [0.15, 0.2) is 85.1 Å². The molecule has 0 atom stereocenters. The van der Waals surface area contributed by atoms with Crippen LogP contribution in [0.2, 0.25) is 0 Å². The minimum absolute atomic E-state index is 0.120. The number of rotatable bonds is 6. The number of anilines is 1. The minimum atomic E-state index is -0.285. The molecule has 1 aromatic heterocycles. The Morgan fingerprint density at radius 1 is 0.909 bits per heavy atom. The van der Waals surface area contributed by atoms with Gasteiger partial charge < -0.3 is 10.6 Å². The second-order valence-electron chi connectivity index (χ2n) is 8.32. The fourth-order valence-electron chi connectivity index (χ4n) is 3.61. The first-order valence-electron chi connectivity index (χ1n) is 11.0. The largest absolute Gasteiger partial charge is 0.349 e. The molecule has 1 heterocycles. The van der Waals surface area contributed by atoms with Crippen LogP contribution in [0.25, 0.3) is 16.9 Å². The van der Waals surface area contributed by atoms with Crippen LogP contribution in [0.3, 0.4) is 0 Å². The summed E-state index contributed by atoms with van der Waals surface area (Å²) < 4.78 is 1.72. The molecule has 2 N–H and O–H groups in total. The molecule has 3 aromatic carbocycles. The van der Waals surface area contributed by atoms with Crippen molar-refractivity contribution < 1.29 is 9.59 Å². The summed E-state index contributed by atoms with van der Waals surface area (Å²) in [4.78, 5) is 25.7. The van der Waals surface area contributed by atoms with Gasteiger partial charge in [-0.3, -0.25) is 9.59 Å². The molecular weight excluding hydrogens is 412 g/mol. The highest BCUT2D eigenvalue weighted by Gasteiger charge is 2.24. The van der Waals surface area contributed by atoms with Crippen LogP contribution >= 0.6 is 0 Å². The lowest BCUT2D eigenvalue weighted by atomic mass is 10.1. The number of nitrogens with zero attached hydrogens (tertiary/aromatic N) is 2. The lowest BCUT2D eigenvalue weighted by molar-refractivity contribution is 0.0949. The van der Waals surface area contributed by atoms with Gasteiger partial charge in [0.1, 0.15) is 5.69 Å². The Balaban J connectivity index is 1.45. The topological polar surface area (TPSA) is 76.0 Å². The Labute approximate surface area is 192 Å². The summed E-state index contributed by atoms with van der Waals surface area (Å²) in [5, 5.41) is 10.6. The second kappa shape index (κ2) is 8.74. The molecule has 0 bridgehead atoms. The lowest BCUT2D eigenvalue weighted by Crippen LogP contribution is -2.25. The number of hydrogen-bond donors (Lipinski definition) is 2. The summed E-state index contributed by atoms with van der Waals surface area (Å²) in [6, 6.07) is 24.9. The van der Waals surface area contributed by atoms with Gasteiger partial charge in [-0.2, -0.15) is 5.10 Å². The molecule has 0 unspecified atom stereocenters. The zero-order valence-corrected chi connectivity index (χ0v) is 18.3. The number of amides is 2. The van der Waals surface area contributed by atoms with Crippen LogP contribution < -0.4 is 10.6 Å². The van der Waals surface area contributed by atoms with E-state index in [0.717, 1.165) is 29.7 Å². The van der Waals surface area contributed by atoms with E-state index in [2.05, 4.69) is 10.6 Å². The van der Waals surface area contributed by atoms with Gasteiger partial charge in [-0.1, -0.05) is 54.1 Å². The van der Waals surface area contributed by atoms with Gasteiger partial charge in [0, 0.05) is 29.1 Å². The number of carbonyl (C=O) groups excluding carboxylic acids is 2. The first-order chi connectivity index (χ1) is 16.1. The number of hydrogen-bond acceptors (Lipinski definition) is 3. The Kier molecular flexibility index (Phi) is 5.48. The van der Waals surface area contributed by atoms with E-state index in [1.165, 1.54) is 0 Å². The van der Waals surface area contributed by atoms with Crippen molar-refractivity contribution in [2.45, 2.75) is 25.8 Å². The normalized spacial score (nSPS) is 12.9. The molecule has 4 aromatic rings. The summed E-state index contributed by atoms with van der Waals surface area (Å²) in [6.45, 7) is 2.03. The highest BCUT2D eigenvalue weighted by molar-refractivity contribution is 6.08. The first kappa shape index (κ1) is 20.7. The SMILES string of the molecule is Cc1ccc(-n2cc(C(=O)Nc3cccc(C(=O)NC4CC4)c3)c(-c3ccccc3)n2)cc1. The van der Waals surface area contributed by atoms with Crippen molar-refractivity contribution in [3.8, 4) is 16.9 Å². The van der Waals surface area contributed by atoms with Crippen molar-refractivity contribution in [1.82, 2.24) is 15.1 Å². The van der Waals surface area contributed by atoms with E-state index in [1.807, 2.05) is 61.5 Å². The molecule has 1 saturated carbocycles. The van der Waals surface area contributed by atoms with E-state index in [0.29, 0.717) is 22.5 Å². The van der Waals surface area contributed by atoms with Crippen molar-refractivity contribution in [2.24, 2.45) is 0 Å². The van der Waals surface area contributed by atoms with Gasteiger partial charge in [0.25, 0.3) is 11.8 Å². The standard InChI is InChI=1S/C27H24N4O2/c1-18-10-14-23(15-11-18)31-17-24(25(30-31)19-6-3-2-4-7-19)27(33)29-22-9-5-8-20(16-22)26(32)28-21-12-13-21/h2-11,14-17,21H,12-13H2,1H3,(H,28,32)(H,29,33). The number of benzene rings is 3. The fraction of sp³-hybridized carbons (Fsp3) is 0.148. The van der Waals surface area contributed by atoms with Gasteiger partial charge in [0.2, 0.25) is 0 Å². The molecule has 6 nitrogen and oxygen atoms in total. The van der Waals surface area contributed by atoms with E-state index in [1.54, 1.807) is 35.1 Å². The monoisotopic (exact) mass is 436 g/mol. The van der Waals surface area contributed by atoms with Crippen LogP contribution in [0.1, 0.15) is 39.1 Å². The van der Waals surface area contributed by atoms with Gasteiger partial charge in [-0.05, 0) is 50.1 Å². The van der Waals surface area contributed by atoms with Crippen molar-refractivity contribution in [3.05, 3.63) is 102 Å². The zero-order chi connectivity index (χ0) is 22.8. The van der Waals surface area contributed by atoms with Crippen molar-refractivity contribution in [2.75, 3.05) is 5.32 Å². The van der Waals surface area contributed by atoms with Crippen LogP contribution in [-0.4, -0.2) is 27.6 Å². The van der Waals surface area contributed by atoms with E-state index >= 15 is 0 Å². The second-order valence-corrected chi connectivity index (χ2v) is 8.32. The van der Waals surface area contributed by atoms with Crippen LogP contribution in [0.5, 0.6) is 0 Å². The van der Waals surface area contributed by atoms with Crippen molar-refractivity contribution >= 4 is 17.5 Å². The lowest BCUT2D eigenvalue weighted by Gasteiger charge is -2.08. The third-order valence-electron chi connectivity index (χ3n) is 5.60. The summed E-state index contributed by atoms with van der Waals surface area (Å²) in [7, 11) is 0. The molecule has 5 rings (SSSR count). The number of nitrogens with one attached hydrogen (secondary N) is 2. The molecule has 1 fully saturated rings. The molecule has 6 heteroatoms. The highest BCUT2D eigenvalue weighted by Crippen LogP contribution is 2.25. The van der Waals surface area contributed by atoms with Gasteiger partial charge in [0.05, 0.1) is 11.3 Å². The quantitative estimate of drug-likeness (QED) is 0.447. The van der Waals surface area contributed by atoms with Gasteiger partial charge in [0.15, 0.2) is 0 Å². The number of aryl methyl sites for hydroxylation is 1. The van der Waals surface area contributed by atoms with E-state index in [9.17, 15) is 9.59 Å². The number of aromatic nitrogens is 2. The van der Waals surface area contributed by atoms with E-state index in [4.69, 9.17) is 5.10 Å². The highest BCUT2D eigenvalue weighted by atomic mass is 16.2. The van der Waals surface area contributed by atoms with E-state index < -0.39 is 0 Å². The maximum Gasteiger partial charge on any atom is 0.259 e. The van der Waals surface area contributed by atoms with Crippen molar-refractivity contribution in [1.29, 1.82) is 0 Å². The van der Waals surface area contributed by atoms with Crippen LogP contribution in [0, 0.1) is 6.92 Å². The molecule has 33 heavy (non-hydrogen) atoms. The van der Waals surface area contributed by atoms with Gasteiger partial charge in [-0.15, -0.1) is 0 Å². The molecule has 0 saturated heterocycles. The maximum atomic E-state index is 13.3. The smallest absolute Gasteiger partial charge is 0.259 e. The number of carbonyl (C=O) groups is 2. The van der Waals surface area contributed by atoms with Crippen molar-refractivity contribution in [3.63, 3.8) is 0 Å². The first-order valence-corrected chi connectivity index (χ1v) is 11.0. The predicted molar refractivity (Wildman–Crippen MR) is 129 cm³/mol. The minimum Gasteiger partial charge on any atom is -0.349 e. The van der Waals surface area contributed by atoms with E-state index in [-0.39, 0.29) is 17.9 Å². The zero-order valence-electron chi connectivity index (χ0n) is 18.3. The predicted octanol–water partition coefficient (Wildman–Crippen LogP) is 4.99. The molecule has 2 amide bonds. The molecule has 1 aliphatic carbocycles. The average Bonchev–Trinajstić information content (AvgIpc) is 3.54. The van der Waals surface area contributed by atoms with Crippen LogP contribution in [0.4, 0.5) is 5.69 Å². The van der Waals surface area contributed by atoms with Gasteiger partial charge >= 0.3 is 0 Å². The third-order valence-corrected chi connectivity index (χ3v) is 5.60. The van der Waals surface area contributed by atoms with Crippen LogP contribution in [-0.2, 0) is 0 Å². The molecular formula is C27H24N4O2. The Hall–Kier alpha value is -4.19. The maximum absolute atomic E-state index is 13.3. The molecule has 0 spiro atoms. The third kappa shape index (κ3) is 4.70. The Morgan fingerprint density at radius 3 is 2.39 bits per heavy atom. The molecule has 164 valence electrons. The summed E-state index contributed by atoms with van der Waals surface area (Å²) in [6.07, 6.45) is 3.79. The summed E-state index contributed by atoms with van der Waals surface area (Å²) in [5.41, 5.74) is 5.01. The van der Waals surface area contributed by atoms with Gasteiger partial charge in [-0.25, -0.2) is 4.68 Å². The molecule has 0 aliphatic heterocycles. The Bertz CT molecular complexity index is 1310. The molecule has 1 aliphatic rings.